The van der Waals surface area contributed by atoms with Crippen molar-refractivity contribution >= 4 is 35.0 Å². The van der Waals surface area contributed by atoms with Gasteiger partial charge in [0.05, 0.1) is 30.7 Å². The molecule has 0 aromatic carbocycles. The summed E-state index contributed by atoms with van der Waals surface area (Å²) in [5.74, 6) is -0.0686. The van der Waals surface area contributed by atoms with E-state index in [0.29, 0.717) is 22.3 Å². The second-order valence-electron chi connectivity index (χ2n) is 4.20. The highest BCUT2D eigenvalue weighted by Gasteiger charge is 2.12. The number of nitrogens with zero attached hydrogens (tertiary/aromatic N) is 1. The number of hydrogen-bond acceptors (Lipinski definition) is 6. The number of thiazole rings is 1. The zero-order valence-electron chi connectivity index (χ0n) is 11.3. The number of thioether (sulfide) groups is 1. The standard InChI is InChI=1S/C13H14N2O4S2/c1-8-10(5-12(17)18)21-13(15-8)20-7-11(16)14-6-9-3-2-4-19-9/h2-4H,5-7H2,1H3,(H,14,16)(H,17,18). The van der Waals surface area contributed by atoms with Gasteiger partial charge in [0.15, 0.2) is 4.34 Å². The number of carbonyl (C=O) groups excluding carboxylic acids is 1. The molecule has 2 heterocycles. The van der Waals surface area contributed by atoms with Crippen molar-refractivity contribution in [1.29, 1.82) is 0 Å². The highest BCUT2D eigenvalue weighted by molar-refractivity contribution is 8.01. The van der Waals surface area contributed by atoms with Gasteiger partial charge in [-0.25, -0.2) is 4.98 Å². The fraction of sp³-hybridized carbons (Fsp3) is 0.308. The molecule has 0 saturated carbocycles. The number of aryl methyl sites for hydroxylation is 1. The second-order valence-corrected chi connectivity index (χ2v) is 6.51. The first-order valence-corrected chi connectivity index (χ1v) is 7.95. The number of rotatable bonds is 7. The summed E-state index contributed by atoms with van der Waals surface area (Å²) in [6.45, 7) is 2.13. The van der Waals surface area contributed by atoms with Crippen LogP contribution in [0.5, 0.6) is 0 Å². The number of carbonyl (C=O) groups is 2. The average Bonchev–Trinajstić information content (AvgIpc) is 3.04. The Balaban J connectivity index is 1.79. The molecule has 112 valence electrons. The van der Waals surface area contributed by atoms with Gasteiger partial charge in [0, 0.05) is 4.88 Å². The Bertz CT molecular complexity index is 622. The first-order chi connectivity index (χ1) is 10.0. The van der Waals surface area contributed by atoms with Crippen LogP contribution in [0.3, 0.4) is 0 Å². The van der Waals surface area contributed by atoms with Crippen LogP contribution in [-0.2, 0) is 22.6 Å². The lowest BCUT2D eigenvalue weighted by Gasteiger charge is -2.01. The number of carboxylic acids is 1. The maximum Gasteiger partial charge on any atom is 0.308 e. The molecule has 2 rings (SSSR count). The van der Waals surface area contributed by atoms with Gasteiger partial charge >= 0.3 is 5.97 Å². The molecule has 8 heteroatoms. The van der Waals surface area contributed by atoms with Crippen molar-refractivity contribution in [1.82, 2.24) is 10.3 Å². The van der Waals surface area contributed by atoms with Crippen molar-refractivity contribution in [2.75, 3.05) is 5.75 Å². The zero-order valence-corrected chi connectivity index (χ0v) is 12.9. The van der Waals surface area contributed by atoms with Gasteiger partial charge in [-0.3, -0.25) is 9.59 Å². The lowest BCUT2D eigenvalue weighted by molar-refractivity contribution is -0.136. The minimum Gasteiger partial charge on any atom is -0.481 e. The fourth-order valence-electron chi connectivity index (χ4n) is 1.54. The molecule has 0 aliphatic carbocycles. The molecule has 0 bridgehead atoms. The molecule has 0 saturated heterocycles. The van der Waals surface area contributed by atoms with Crippen LogP contribution in [0.2, 0.25) is 0 Å². The van der Waals surface area contributed by atoms with E-state index in [1.54, 1.807) is 25.3 Å². The number of carboxylic acid groups (broad SMARTS) is 1. The monoisotopic (exact) mass is 326 g/mol. The maximum atomic E-state index is 11.7. The molecule has 0 atom stereocenters. The van der Waals surface area contributed by atoms with Gasteiger partial charge in [-0.1, -0.05) is 11.8 Å². The molecule has 0 fully saturated rings. The topological polar surface area (TPSA) is 92.4 Å². The molecular weight excluding hydrogens is 312 g/mol. The van der Waals surface area contributed by atoms with E-state index in [1.807, 2.05) is 0 Å². The summed E-state index contributed by atoms with van der Waals surface area (Å²) in [4.78, 5) is 27.4. The third-order valence-corrected chi connectivity index (χ3v) is 4.85. The van der Waals surface area contributed by atoms with Gasteiger partial charge in [-0.05, 0) is 19.1 Å². The summed E-state index contributed by atoms with van der Waals surface area (Å²) < 4.78 is 5.82. The Labute approximate surface area is 129 Å². The normalized spacial score (nSPS) is 10.5. The molecule has 21 heavy (non-hydrogen) atoms. The van der Waals surface area contributed by atoms with E-state index in [9.17, 15) is 9.59 Å². The minimum absolute atomic E-state index is 0.0330. The molecule has 2 aromatic heterocycles. The Morgan fingerprint density at radius 2 is 2.33 bits per heavy atom. The molecule has 1 amide bonds. The number of nitrogens with one attached hydrogen (secondary N) is 1. The van der Waals surface area contributed by atoms with Crippen molar-refractivity contribution in [2.24, 2.45) is 0 Å². The lowest BCUT2D eigenvalue weighted by Crippen LogP contribution is -2.24. The van der Waals surface area contributed by atoms with Gasteiger partial charge in [0.25, 0.3) is 0 Å². The minimum atomic E-state index is -0.880. The average molecular weight is 326 g/mol. The van der Waals surface area contributed by atoms with E-state index in [1.165, 1.54) is 23.1 Å². The highest BCUT2D eigenvalue weighted by Crippen LogP contribution is 2.27. The molecule has 0 unspecified atom stereocenters. The fourth-order valence-corrected chi connectivity index (χ4v) is 3.60. The number of aromatic nitrogens is 1. The summed E-state index contributed by atoms with van der Waals surface area (Å²) in [6, 6.07) is 3.55. The van der Waals surface area contributed by atoms with Crippen LogP contribution in [0, 0.1) is 6.92 Å². The Morgan fingerprint density at radius 1 is 1.52 bits per heavy atom. The lowest BCUT2D eigenvalue weighted by atomic mass is 10.3. The van der Waals surface area contributed by atoms with Crippen LogP contribution in [0.1, 0.15) is 16.3 Å². The Morgan fingerprint density at radius 3 is 3.00 bits per heavy atom. The second kappa shape index (κ2) is 7.28. The van der Waals surface area contributed by atoms with Crippen LogP contribution < -0.4 is 5.32 Å². The molecule has 0 radical (unpaired) electrons. The maximum absolute atomic E-state index is 11.7. The first kappa shape index (κ1) is 15.6. The Kier molecular flexibility index (Phi) is 5.40. The summed E-state index contributed by atoms with van der Waals surface area (Å²) in [5, 5.41) is 11.5. The quantitative estimate of drug-likeness (QED) is 0.757. The third kappa shape index (κ3) is 4.91. The zero-order chi connectivity index (χ0) is 15.2. The molecular formula is C13H14N2O4S2. The predicted molar refractivity (Wildman–Crippen MR) is 79.5 cm³/mol. The van der Waals surface area contributed by atoms with Crippen molar-refractivity contribution in [2.45, 2.75) is 24.2 Å². The smallest absolute Gasteiger partial charge is 0.308 e. The van der Waals surface area contributed by atoms with Crippen molar-refractivity contribution in [3.63, 3.8) is 0 Å². The molecule has 2 aromatic rings. The van der Waals surface area contributed by atoms with Gasteiger partial charge in [-0.15, -0.1) is 11.3 Å². The highest BCUT2D eigenvalue weighted by atomic mass is 32.2. The summed E-state index contributed by atoms with van der Waals surface area (Å²) in [5.41, 5.74) is 0.709. The van der Waals surface area contributed by atoms with E-state index in [4.69, 9.17) is 9.52 Å². The first-order valence-electron chi connectivity index (χ1n) is 6.14. The predicted octanol–water partition coefficient (Wildman–Crippen LogP) is 2.08. The van der Waals surface area contributed by atoms with E-state index < -0.39 is 5.97 Å². The number of furan rings is 1. The van der Waals surface area contributed by atoms with Gasteiger partial charge in [0.2, 0.25) is 5.91 Å². The van der Waals surface area contributed by atoms with Gasteiger partial charge in [-0.2, -0.15) is 0 Å². The van der Waals surface area contributed by atoms with Crippen LogP contribution in [0.25, 0.3) is 0 Å². The summed E-state index contributed by atoms with van der Waals surface area (Å²) >= 11 is 2.62. The van der Waals surface area contributed by atoms with Crippen LogP contribution in [0.4, 0.5) is 0 Å². The van der Waals surface area contributed by atoms with E-state index >= 15 is 0 Å². The van der Waals surface area contributed by atoms with Gasteiger partial charge < -0.3 is 14.8 Å². The third-order valence-electron chi connectivity index (χ3n) is 2.55. The number of aliphatic carboxylic acids is 1. The Hall–Kier alpha value is -1.80. The summed E-state index contributed by atoms with van der Waals surface area (Å²) in [6.07, 6.45) is 1.52. The summed E-state index contributed by atoms with van der Waals surface area (Å²) in [7, 11) is 0. The van der Waals surface area contributed by atoms with Crippen molar-refractivity contribution < 1.29 is 19.1 Å². The number of hydrogen-bond donors (Lipinski definition) is 2. The largest absolute Gasteiger partial charge is 0.481 e. The van der Waals surface area contributed by atoms with Crippen LogP contribution >= 0.6 is 23.1 Å². The molecule has 2 N–H and O–H groups in total. The molecule has 0 aliphatic rings. The van der Waals surface area contributed by atoms with E-state index in [0.717, 1.165) is 4.88 Å². The van der Waals surface area contributed by atoms with Gasteiger partial charge in [0.1, 0.15) is 5.76 Å². The van der Waals surface area contributed by atoms with E-state index in [2.05, 4.69) is 10.3 Å². The molecule has 6 nitrogen and oxygen atoms in total. The van der Waals surface area contributed by atoms with Crippen LogP contribution in [-0.4, -0.2) is 27.7 Å². The molecule has 0 aliphatic heterocycles. The van der Waals surface area contributed by atoms with Crippen molar-refractivity contribution in [3.05, 3.63) is 34.7 Å². The molecule has 0 spiro atoms. The van der Waals surface area contributed by atoms with Crippen molar-refractivity contribution in [3.8, 4) is 0 Å². The number of amides is 1. The van der Waals surface area contributed by atoms with E-state index in [-0.39, 0.29) is 18.1 Å². The van der Waals surface area contributed by atoms with Crippen LogP contribution in [0.15, 0.2) is 27.2 Å². The SMILES string of the molecule is Cc1nc(SCC(=O)NCc2ccco2)sc1CC(=O)O.